The Bertz CT molecular complexity index is 685. The van der Waals surface area contributed by atoms with Gasteiger partial charge in [0.1, 0.15) is 17.9 Å². The summed E-state index contributed by atoms with van der Waals surface area (Å²) in [6.07, 6.45) is 1.52. The summed E-state index contributed by atoms with van der Waals surface area (Å²) in [6, 6.07) is 4.61. The average molecular weight is 312 g/mol. The van der Waals surface area contributed by atoms with Gasteiger partial charge in [0.15, 0.2) is 0 Å². The predicted octanol–water partition coefficient (Wildman–Crippen LogP) is -0.173. The highest BCUT2D eigenvalue weighted by atomic mass is 32.2. The van der Waals surface area contributed by atoms with E-state index in [0.29, 0.717) is 17.1 Å². The Morgan fingerprint density at radius 2 is 2.24 bits per heavy atom. The van der Waals surface area contributed by atoms with Gasteiger partial charge in [0.25, 0.3) is 0 Å². The molecule has 3 N–H and O–H groups in total. The van der Waals surface area contributed by atoms with Gasteiger partial charge < -0.3 is 9.84 Å². The summed E-state index contributed by atoms with van der Waals surface area (Å²) in [5.41, 5.74) is 0.488. The number of hydrogen-bond donors (Lipinski definition) is 3. The number of nitrogens with one attached hydrogen (secondary N) is 2. The van der Waals surface area contributed by atoms with E-state index in [9.17, 15) is 8.42 Å². The van der Waals surface area contributed by atoms with Crippen molar-refractivity contribution in [1.82, 2.24) is 19.9 Å². The van der Waals surface area contributed by atoms with E-state index in [1.807, 2.05) is 0 Å². The van der Waals surface area contributed by atoms with Crippen molar-refractivity contribution < 1.29 is 18.3 Å². The molecule has 2 aromatic rings. The molecule has 0 fully saturated rings. The Kier molecular flexibility index (Phi) is 4.89. The zero-order valence-corrected chi connectivity index (χ0v) is 12.2. The van der Waals surface area contributed by atoms with Gasteiger partial charge >= 0.3 is 0 Å². The molecular weight excluding hydrogens is 296 g/mol. The number of aliphatic hydroxyl groups excluding tert-OH is 1. The molecule has 0 atom stereocenters. The molecule has 1 aromatic carbocycles. The van der Waals surface area contributed by atoms with Gasteiger partial charge in [0.05, 0.1) is 18.6 Å². The lowest BCUT2D eigenvalue weighted by atomic mass is 10.1. The number of aromatic nitrogens is 3. The van der Waals surface area contributed by atoms with E-state index in [1.165, 1.54) is 19.5 Å². The number of rotatable bonds is 7. The number of H-pyrrole nitrogens is 1. The summed E-state index contributed by atoms with van der Waals surface area (Å²) >= 11 is 0. The molecule has 0 aliphatic rings. The Morgan fingerprint density at radius 1 is 1.43 bits per heavy atom. The molecule has 1 aromatic heterocycles. The minimum Gasteiger partial charge on any atom is -0.497 e. The first-order valence-electron chi connectivity index (χ1n) is 6.18. The molecule has 0 amide bonds. The zero-order chi connectivity index (χ0) is 15.3. The maximum Gasteiger partial charge on any atom is 0.241 e. The van der Waals surface area contributed by atoms with Crippen LogP contribution >= 0.6 is 0 Å². The van der Waals surface area contributed by atoms with E-state index in [0.717, 1.165) is 0 Å². The van der Waals surface area contributed by atoms with Crippen molar-refractivity contribution in [2.45, 2.75) is 17.9 Å². The van der Waals surface area contributed by atoms with Gasteiger partial charge in [0.2, 0.25) is 10.0 Å². The fourth-order valence-electron chi connectivity index (χ4n) is 1.82. The maximum atomic E-state index is 12.3. The quantitative estimate of drug-likeness (QED) is 0.653. The van der Waals surface area contributed by atoms with E-state index < -0.39 is 10.0 Å². The number of aromatic amines is 1. The number of benzene rings is 1. The van der Waals surface area contributed by atoms with Crippen molar-refractivity contribution in [3.63, 3.8) is 0 Å². The monoisotopic (exact) mass is 312 g/mol. The van der Waals surface area contributed by atoms with Crippen molar-refractivity contribution in [3.05, 3.63) is 35.9 Å². The highest BCUT2D eigenvalue weighted by Gasteiger charge is 2.19. The molecule has 0 bridgehead atoms. The van der Waals surface area contributed by atoms with Crippen LogP contribution in [0.25, 0.3) is 0 Å². The van der Waals surface area contributed by atoms with Crippen molar-refractivity contribution in [2.24, 2.45) is 0 Å². The van der Waals surface area contributed by atoms with Crippen LogP contribution in [0.3, 0.4) is 0 Å². The van der Waals surface area contributed by atoms with Crippen molar-refractivity contribution in [1.29, 1.82) is 0 Å². The lowest BCUT2D eigenvalue weighted by Crippen LogP contribution is -2.25. The van der Waals surface area contributed by atoms with Gasteiger partial charge in [-0.05, 0) is 30.2 Å². The first-order valence-corrected chi connectivity index (χ1v) is 7.67. The van der Waals surface area contributed by atoms with Crippen LogP contribution in [0.5, 0.6) is 5.75 Å². The molecule has 0 aliphatic heterocycles. The minimum absolute atomic E-state index is 0.00687. The van der Waals surface area contributed by atoms with Gasteiger partial charge in [-0.2, -0.15) is 5.10 Å². The number of nitrogens with zero attached hydrogens (tertiary/aromatic N) is 2. The molecule has 0 saturated carbocycles. The van der Waals surface area contributed by atoms with Crippen LogP contribution in [0.1, 0.15) is 11.4 Å². The third kappa shape index (κ3) is 3.78. The van der Waals surface area contributed by atoms with Gasteiger partial charge in [-0.25, -0.2) is 18.1 Å². The maximum absolute atomic E-state index is 12.3. The van der Waals surface area contributed by atoms with Crippen LogP contribution in [0, 0.1) is 0 Å². The molecule has 0 saturated heterocycles. The van der Waals surface area contributed by atoms with Crippen LogP contribution in [0.2, 0.25) is 0 Å². The summed E-state index contributed by atoms with van der Waals surface area (Å²) in [4.78, 5) is 3.95. The van der Waals surface area contributed by atoms with Gasteiger partial charge in [-0.15, -0.1) is 0 Å². The third-order valence-electron chi connectivity index (χ3n) is 2.83. The summed E-state index contributed by atoms with van der Waals surface area (Å²) in [5.74, 6) is 0.948. The average Bonchev–Trinajstić information content (AvgIpc) is 2.99. The molecule has 0 radical (unpaired) electrons. The number of methoxy groups -OCH3 is 1. The molecule has 1 heterocycles. The van der Waals surface area contributed by atoms with Crippen LogP contribution in [-0.4, -0.2) is 42.4 Å². The second-order valence-corrected chi connectivity index (χ2v) is 5.94. The molecule has 2 rings (SSSR count). The van der Waals surface area contributed by atoms with E-state index in [2.05, 4.69) is 19.9 Å². The highest BCUT2D eigenvalue weighted by molar-refractivity contribution is 7.89. The first kappa shape index (κ1) is 15.4. The SMILES string of the molecule is COc1ccc(S(=O)(=O)NCc2ncn[nH]2)c(CCO)c1. The lowest BCUT2D eigenvalue weighted by Gasteiger charge is -2.11. The van der Waals surface area contributed by atoms with Crippen molar-refractivity contribution in [2.75, 3.05) is 13.7 Å². The second-order valence-electron chi connectivity index (χ2n) is 4.20. The first-order chi connectivity index (χ1) is 10.1. The Morgan fingerprint density at radius 3 is 2.86 bits per heavy atom. The second kappa shape index (κ2) is 6.66. The largest absolute Gasteiger partial charge is 0.497 e. The Hall–Kier alpha value is -1.97. The molecule has 9 heteroatoms. The van der Waals surface area contributed by atoms with Crippen molar-refractivity contribution in [3.8, 4) is 5.75 Å². The molecule has 21 heavy (non-hydrogen) atoms. The number of hydrogen-bond acceptors (Lipinski definition) is 6. The Balaban J connectivity index is 2.25. The third-order valence-corrected chi connectivity index (χ3v) is 4.33. The van der Waals surface area contributed by atoms with Gasteiger partial charge in [-0.1, -0.05) is 0 Å². The van der Waals surface area contributed by atoms with E-state index in [-0.39, 0.29) is 24.5 Å². The fourth-order valence-corrected chi connectivity index (χ4v) is 3.05. The smallest absolute Gasteiger partial charge is 0.241 e. The normalized spacial score (nSPS) is 11.5. The Labute approximate surface area is 122 Å². The van der Waals surface area contributed by atoms with Gasteiger partial charge in [0, 0.05) is 6.61 Å². The zero-order valence-electron chi connectivity index (χ0n) is 11.4. The summed E-state index contributed by atoms with van der Waals surface area (Å²) in [5, 5.41) is 15.3. The van der Waals surface area contributed by atoms with E-state index in [4.69, 9.17) is 9.84 Å². The van der Waals surface area contributed by atoms with E-state index in [1.54, 1.807) is 12.1 Å². The number of sulfonamides is 1. The summed E-state index contributed by atoms with van der Waals surface area (Å²) < 4.78 is 32.2. The van der Waals surface area contributed by atoms with Gasteiger partial charge in [-0.3, -0.25) is 5.10 Å². The molecule has 8 nitrogen and oxygen atoms in total. The molecular formula is C12H16N4O4S. The summed E-state index contributed by atoms with van der Waals surface area (Å²) in [6.45, 7) is -0.148. The topological polar surface area (TPSA) is 117 Å². The van der Waals surface area contributed by atoms with Crippen LogP contribution in [0.15, 0.2) is 29.4 Å². The van der Waals surface area contributed by atoms with E-state index >= 15 is 0 Å². The van der Waals surface area contributed by atoms with Crippen LogP contribution in [0.4, 0.5) is 0 Å². The highest BCUT2D eigenvalue weighted by Crippen LogP contribution is 2.22. The minimum atomic E-state index is -3.72. The lowest BCUT2D eigenvalue weighted by molar-refractivity contribution is 0.298. The van der Waals surface area contributed by atoms with Crippen LogP contribution < -0.4 is 9.46 Å². The van der Waals surface area contributed by atoms with Crippen molar-refractivity contribution >= 4 is 10.0 Å². The number of ether oxygens (including phenoxy) is 1. The molecule has 0 unspecified atom stereocenters. The molecule has 114 valence electrons. The standard InChI is InChI=1S/C12H16N4O4S/c1-20-10-2-3-11(9(6-10)4-5-17)21(18,19)15-7-12-13-8-14-16-12/h2-3,6,8,15,17H,4-5,7H2,1H3,(H,13,14,16). The summed E-state index contributed by atoms with van der Waals surface area (Å²) in [7, 11) is -2.22. The molecule has 0 spiro atoms. The molecule has 0 aliphatic carbocycles. The number of aliphatic hydroxyl groups is 1. The predicted molar refractivity (Wildman–Crippen MR) is 74.2 cm³/mol. The van der Waals surface area contributed by atoms with Crippen LogP contribution in [-0.2, 0) is 23.0 Å². The fraction of sp³-hybridized carbons (Fsp3) is 0.333.